The summed E-state index contributed by atoms with van der Waals surface area (Å²) in [5.41, 5.74) is 1.64. The predicted octanol–water partition coefficient (Wildman–Crippen LogP) is 4.57. The van der Waals surface area contributed by atoms with E-state index < -0.39 is 0 Å². The summed E-state index contributed by atoms with van der Waals surface area (Å²) in [6.07, 6.45) is 4.55. The highest BCUT2D eigenvalue weighted by Crippen LogP contribution is 2.27. The number of halogens is 1. The molecule has 3 aromatic rings. The number of anilines is 2. The maximum atomic E-state index is 13.0. The van der Waals surface area contributed by atoms with Crippen LogP contribution in [-0.4, -0.2) is 23.0 Å². The molecule has 6 heteroatoms. The molecule has 1 heterocycles. The number of nitrogens with one attached hydrogen (secondary N) is 1. The first kappa shape index (κ1) is 18.1. The molecular formula is C21H17FN2O3. The molecule has 0 spiro atoms. The van der Waals surface area contributed by atoms with E-state index in [0.29, 0.717) is 28.4 Å². The van der Waals surface area contributed by atoms with Gasteiger partial charge in [-0.2, -0.15) is 0 Å². The number of ketones is 1. The van der Waals surface area contributed by atoms with E-state index in [2.05, 4.69) is 10.3 Å². The molecule has 0 radical (unpaired) electrons. The quantitative estimate of drug-likeness (QED) is 0.495. The number of hydrogen-bond donors (Lipinski definition) is 2. The van der Waals surface area contributed by atoms with Gasteiger partial charge in [-0.05, 0) is 60.2 Å². The van der Waals surface area contributed by atoms with Crippen LogP contribution in [0.1, 0.15) is 15.9 Å². The van der Waals surface area contributed by atoms with Crippen LogP contribution in [-0.2, 0) is 0 Å². The molecule has 0 amide bonds. The van der Waals surface area contributed by atoms with Crippen molar-refractivity contribution in [1.82, 2.24) is 4.98 Å². The molecule has 0 saturated carbocycles. The van der Waals surface area contributed by atoms with Crippen molar-refractivity contribution in [3.8, 4) is 11.5 Å². The normalized spacial score (nSPS) is 10.7. The molecule has 0 unspecified atom stereocenters. The Morgan fingerprint density at radius 2 is 1.96 bits per heavy atom. The number of pyridine rings is 1. The lowest BCUT2D eigenvalue weighted by molar-refractivity contribution is 0.104. The van der Waals surface area contributed by atoms with Crippen molar-refractivity contribution in [2.24, 2.45) is 0 Å². The minimum absolute atomic E-state index is 0.00728. The number of aromatic nitrogens is 1. The fourth-order valence-electron chi connectivity index (χ4n) is 2.45. The number of allylic oxidation sites excluding steroid dienone is 1. The number of ether oxygens (including phenoxy) is 1. The number of carbonyl (C=O) groups excluding carboxylic acids is 1. The maximum absolute atomic E-state index is 13.0. The van der Waals surface area contributed by atoms with Gasteiger partial charge in [0.05, 0.1) is 12.7 Å². The van der Waals surface area contributed by atoms with E-state index >= 15 is 0 Å². The van der Waals surface area contributed by atoms with Gasteiger partial charge in [-0.15, -0.1) is 0 Å². The number of phenolic OH excluding ortho intramolecular Hbond substituents is 1. The van der Waals surface area contributed by atoms with Crippen LogP contribution in [0.4, 0.5) is 15.9 Å². The van der Waals surface area contributed by atoms with Crippen molar-refractivity contribution in [3.05, 3.63) is 83.8 Å². The molecule has 0 saturated heterocycles. The Bertz CT molecular complexity index is 985. The van der Waals surface area contributed by atoms with Crippen molar-refractivity contribution >= 4 is 23.4 Å². The van der Waals surface area contributed by atoms with Gasteiger partial charge in [0.1, 0.15) is 11.6 Å². The van der Waals surface area contributed by atoms with E-state index in [1.54, 1.807) is 48.7 Å². The lowest BCUT2D eigenvalue weighted by atomic mass is 10.1. The van der Waals surface area contributed by atoms with Crippen LogP contribution in [0.5, 0.6) is 11.5 Å². The van der Waals surface area contributed by atoms with Crippen molar-refractivity contribution in [1.29, 1.82) is 0 Å². The molecule has 0 atom stereocenters. The fraction of sp³-hybridized carbons (Fsp3) is 0.0476. The highest BCUT2D eigenvalue weighted by atomic mass is 19.1. The van der Waals surface area contributed by atoms with E-state index in [4.69, 9.17) is 4.74 Å². The van der Waals surface area contributed by atoms with Crippen LogP contribution in [0, 0.1) is 5.82 Å². The number of carbonyl (C=O) groups is 1. The van der Waals surface area contributed by atoms with Crippen LogP contribution >= 0.6 is 0 Å². The van der Waals surface area contributed by atoms with Crippen molar-refractivity contribution in [2.45, 2.75) is 0 Å². The van der Waals surface area contributed by atoms with Gasteiger partial charge < -0.3 is 15.2 Å². The Balaban J connectivity index is 1.80. The molecule has 0 fully saturated rings. The Labute approximate surface area is 155 Å². The lowest BCUT2D eigenvalue weighted by Gasteiger charge is -2.09. The Kier molecular flexibility index (Phi) is 5.47. The molecule has 5 nitrogen and oxygen atoms in total. The van der Waals surface area contributed by atoms with Gasteiger partial charge in [-0.1, -0.05) is 12.1 Å². The zero-order valence-electron chi connectivity index (χ0n) is 14.5. The first-order chi connectivity index (χ1) is 13.1. The number of nitrogens with zero attached hydrogens (tertiary/aromatic N) is 1. The molecule has 136 valence electrons. The van der Waals surface area contributed by atoms with Crippen molar-refractivity contribution in [3.63, 3.8) is 0 Å². The van der Waals surface area contributed by atoms with Gasteiger partial charge in [0, 0.05) is 11.9 Å². The molecule has 0 aliphatic rings. The highest BCUT2D eigenvalue weighted by molar-refractivity contribution is 6.10. The van der Waals surface area contributed by atoms with E-state index in [0.717, 1.165) is 0 Å². The lowest BCUT2D eigenvalue weighted by Crippen LogP contribution is -2.03. The molecule has 27 heavy (non-hydrogen) atoms. The third kappa shape index (κ3) is 4.49. The third-order valence-corrected chi connectivity index (χ3v) is 3.81. The smallest absolute Gasteiger partial charge is 0.189 e. The Hall–Kier alpha value is -3.67. The minimum Gasteiger partial charge on any atom is -0.504 e. The topological polar surface area (TPSA) is 71.5 Å². The second-order valence-corrected chi connectivity index (χ2v) is 5.66. The van der Waals surface area contributed by atoms with Gasteiger partial charge in [-0.3, -0.25) is 4.79 Å². The van der Waals surface area contributed by atoms with E-state index in [1.807, 2.05) is 0 Å². The van der Waals surface area contributed by atoms with Crippen LogP contribution in [0.3, 0.4) is 0 Å². The van der Waals surface area contributed by atoms with Gasteiger partial charge in [0.25, 0.3) is 0 Å². The number of rotatable bonds is 6. The van der Waals surface area contributed by atoms with Crippen LogP contribution < -0.4 is 10.1 Å². The summed E-state index contributed by atoms with van der Waals surface area (Å²) in [6, 6.07) is 13.9. The van der Waals surface area contributed by atoms with Gasteiger partial charge in [0.15, 0.2) is 17.3 Å². The van der Waals surface area contributed by atoms with Gasteiger partial charge in [0.2, 0.25) is 0 Å². The molecule has 2 aromatic carbocycles. The summed E-state index contributed by atoms with van der Waals surface area (Å²) in [5.74, 6) is 0.117. The molecule has 1 aromatic heterocycles. The van der Waals surface area contributed by atoms with Crippen LogP contribution in [0.15, 0.2) is 66.9 Å². The second kappa shape index (κ2) is 8.14. The maximum Gasteiger partial charge on any atom is 0.189 e. The predicted molar refractivity (Wildman–Crippen MR) is 102 cm³/mol. The summed E-state index contributed by atoms with van der Waals surface area (Å²) in [6.45, 7) is 0. The van der Waals surface area contributed by atoms with E-state index in [-0.39, 0.29) is 17.3 Å². The Morgan fingerprint density at radius 1 is 1.19 bits per heavy atom. The number of benzene rings is 2. The average molecular weight is 364 g/mol. The summed E-state index contributed by atoms with van der Waals surface area (Å²) < 4.78 is 18.0. The SMILES string of the molecule is COc1ccc(/C=C/C(=O)c2cccnc2Nc2ccc(F)cc2)cc1O. The number of phenols is 1. The Morgan fingerprint density at radius 3 is 2.67 bits per heavy atom. The van der Waals surface area contributed by atoms with Crippen molar-refractivity contribution < 1.29 is 19.0 Å². The molecule has 2 N–H and O–H groups in total. The molecule has 0 bridgehead atoms. The fourth-order valence-corrected chi connectivity index (χ4v) is 2.45. The number of methoxy groups -OCH3 is 1. The number of aromatic hydroxyl groups is 1. The summed E-state index contributed by atoms with van der Waals surface area (Å²) in [7, 11) is 1.46. The van der Waals surface area contributed by atoms with E-state index in [1.165, 1.54) is 31.4 Å². The summed E-state index contributed by atoms with van der Waals surface area (Å²) in [4.78, 5) is 16.8. The minimum atomic E-state index is -0.344. The summed E-state index contributed by atoms with van der Waals surface area (Å²) >= 11 is 0. The zero-order valence-corrected chi connectivity index (χ0v) is 14.5. The first-order valence-corrected chi connectivity index (χ1v) is 8.14. The second-order valence-electron chi connectivity index (χ2n) is 5.66. The molecule has 0 aliphatic carbocycles. The largest absolute Gasteiger partial charge is 0.504 e. The monoisotopic (exact) mass is 364 g/mol. The molecule has 0 aliphatic heterocycles. The van der Waals surface area contributed by atoms with Gasteiger partial charge >= 0.3 is 0 Å². The van der Waals surface area contributed by atoms with Crippen molar-refractivity contribution in [2.75, 3.05) is 12.4 Å². The number of hydrogen-bond acceptors (Lipinski definition) is 5. The van der Waals surface area contributed by atoms with Crippen LogP contribution in [0.2, 0.25) is 0 Å². The average Bonchev–Trinajstić information content (AvgIpc) is 2.68. The van der Waals surface area contributed by atoms with Crippen LogP contribution in [0.25, 0.3) is 6.08 Å². The zero-order chi connectivity index (χ0) is 19.2. The standard InChI is InChI=1S/C21H17FN2O3/c1-27-20-11-5-14(13-19(20)26)4-10-18(25)17-3-2-12-23-21(17)24-16-8-6-15(22)7-9-16/h2-13,26H,1H3,(H,23,24)/b10-4+. The first-order valence-electron chi connectivity index (χ1n) is 8.14. The molecule has 3 rings (SSSR count). The highest BCUT2D eigenvalue weighted by Gasteiger charge is 2.10. The van der Waals surface area contributed by atoms with Gasteiger partial charge in [-0.25, -0.2) is 9.37 Å². The summed E-state index contributed by atoms with van der Waals surface area (Å²) in [5, 5.41) is 12.8. The third-order valence-electron chi connectivity index (χ3n) is 3.81. The van der Waals surface area contributed by atoms with E-state index in [9.17, 15) is 14.3 Å². The molecular weight excluding hydrogens is 347 g/mol.